The first-order valence-corrected chi connectivity index (χ1v) is 5.11. The third kappa shape index (κ3) is 4.48. The molecule has 0 aliphatic carbocycles. The molecular weight excluding hydrogens is 200 g/mol. The Kier molecular flexibility index (Phi) is 4.35. The largest absolute Gasteiger partial charge is 0.508 e. The van der Waals surface area contributed by atoms with E-state index in [0.717, 1.165) is 0 Å². The first-order chi connectivity index (χ1) is 7.03. The lowest BCUT2D eigenvalue weighted by Gasteiger charge is -2.34. The lowest BCUT2D eigenvalue weighted by atomic mass is 10.1. The van der Waals surface area contributed by atoms with Crippen LogP contribution in [0.25, 0.3) is 0 Å². The van der Waals surface area contributed by atoms with Crippen LogP contribution in [0.1, 0.15) is 20.8 Å². The van der Waals surface area contributed by atoms with E-state index in [1.165, 1.54) is 0 Å². The van der Waals surface area contributed by atoms with Crippen LogP contribution in [0.2, 0.25) is 0 Å². The van der Waals surface area contributed by atoms with Crippen LogP contribution in [-0.4, -0.2) is 38.4 Å². The van der Waals surface area contributed by atoms with Gasteiger partial charge in [-0.15, -0.1) is 0 Å². The van der Waals surface area contributed by atoms with E-state index in [-0.39, 0.29) is 12.5 Å². The van der Waals surface area contributed by atoms with E-state index in [1.807, 2.05) is 13.8 Å². The molecule has 0 amide bonds. The van der Waals surface area contributed by atoms with Crippen molar-refractivity contribution in [3.63, 3.8) is 0 Å². The number of carbonyl (C=O) groups excluding carboxylic acids is 1. The van der Waals surface area contributed by atoms with Crippen LogP contribution >= 0.6 is 0 Å². The van der Waals surface area contributed by atoms with Crippen LogP contribution in [0.15, 0.2) is 0 Å². The van der Waals surface area contributed by atoms with Crippen LogP contribution in [0.4, 0.5) is 4.79 Å². The second-order valence-electron chi connectivity index (χ2n) is 3.88. The highest BCUT2D eigenvalue weighted by Crippen LogP contribution is 2.20. The van der Waals surface area contributed by atoms with E-state index < -0.39 is 11.9 Å². The molecule has 1 saturated heterocycles. The van der Waals surface area contributed by atoms with Crippen molar-refractivity contribution in [3.05, 3.63) is 0 Å². The van der Waals surface area contributed by atoms with Crippen molar-refractivity contribution in [2.75, 3.05) is 26.4 Å². The Morgan fingerprint density at radius 2 is 1.93 bits per heavy atom. The van der Waals surface area contributed by atoms with Gasteiger partial charge in [0, 0.05) is 5.92 Å². The first kappa shape index (κ1) is 12.3. The van der Waals surface area contributed by atoms with Gasteiger partial charge >= 0.3 is 6.16 Å². The van der Waals surface area contributed by atoms with Gasteiger partial charge in [0.05, 0.1) is 19.8 Å². The number of ether oxygens (including phenoxy) is 4. The standard InChI is InChI=1S/C10H18O5/c1-4-12-9(11)13-5-8-6-14-10(2,3)15-7-8/h8H,4-7H2,1-3H3. The van der Waals surface area contributed by atoms with E-state index in [9.17, 15) is 4.79 Å². The van der Waals surface area contributed by atoms with Crippen molar-refractivity contribution in [3.8, 4) is 0 Å². The summed E-state index contributed by atoms with van der Waals surface area (Å²) in [5.41, 5.74) is 0. The maximum absolute atomic E-state index is 10.9. The summed E-state index contributed by atoms with van der Waals surface area (Å²) in [7, 11) is 0. The Morgan fingerprint density at radius 1 is 1.33 bits per heavy atom. The molecule has 15 heavy (non-hydrogen) atoms. The van der Waals surface area contributed by atoms with Gasteiger partial charge < -0.3 is 18.9 Å². The molecule has 0 aromatic rings. The molecule has 0 bridgehead atoms. The highest BCUT2D eigenvalue weighted by Gasteiger charge is 2.28. The molecule has 0 aromatic heterocycles. The summed E-state index contributed by atoms with van der Waals surface area (Å²) < 4.78 is 20.3. The summed E-state index contributed by atoms with van der Waals surface area (Å²) >= 11 is 0. The number of hydrogen-bond donors (Lipinski definition) is 0. The van der Waals surface area contributed by atoms with Gasteiger partial charge in [-0.2, -0.15) is 0 Å². The van der Waals surface area contributed by atoms with Crippen LogP contribution in [-0.2, 0) is 18.9 Å². The zero-order valence-electron chi connectivity index (χ0n) is 9.45. The predicted molar refractivity (Wildman–Crippen MR) is 52.4 cm³/mol. The minimum absolute atomic E-state index is 0.0856. The zero-order chi connectivity index (χ0) is 11.3. The number of rotatable bonds is 3. The van der Waals surface area contributed by atoms with Crippen LogP contribution < -0.4 is 0 Å². The fourth-order valence-corrected chi connectivity index (χ4v) is 1.17. The topological polar surface area (TPSA) is 54.0 Å². The maximum Gasteiger partial charge on any atom is 0.508 e. The Labute approximate surface area is 89.6 Å². The van der Waals surface area contributed by atoms with E-state index >= 15 is 0 Å². The van der Waals surface area contributed by atoms with Gasteiger partial charge in [-0.05, 0) is 20.8 Å². The number of carbonyl (C=O) groups is 1. The van der Waals surface area contributed by atoms with Gasteiger partial charge in [0.25, 0.3) is 0 Å². The zero-order valence-corrected chi connectivity index (χ0v) is 9.45. The first-order valence-electron chi connectivity index (χ1n) is 5.11. The Bertz CT molecular complexity index is 204. The van der Waals surface area contributed by atoms with Gasteiger partial charge in [-0.1, -0.05) is 0 Å². The van der Waals surface area contributed by atoms with Gasteiger partial charge in [0.15, 0.2) is 5.79 Å². The fraction of sp³-hybridized carbons (Fsp3) is 0.900. The van der Waals surface area contributed by atoms with Crippen molar-refractivity contribution >= 4 is 6.16 Å². The van der Waals surface area contributed by atoms with Gasteiger partial charge in [0.2, 0.25) is 0 Å². The van der Waals surface area contributed by atoms with Gasteiger partial charge in [-0.25, -0.2) is 4.79 Å². The monoisotopic (exact) mass is 218 g/mol. The van der Waals surface area contributed by atoms with Crippen molar-refractivity contribution in [1.82, 2.24) is 0 Å². The molecule has 5 heteroatoms. The van der Waals surface area contributed by atoms with Crippen molar-refractivity contribution < 1.29 is 23.7 Å². The van der Waals surface area contributed by atoms with E-state index in [4.69, 9.17) is 14.2 Å². The van der Waals surface area contributed by atoms with Gasteiger partial charge in [-0.3, -0.25) is 0 Å². The molecule has 0 aromatic carbocycles. The average Bonchev–Trinajstić information content (AvgIpc) is 2.17. The minimum atomic E-state index is -0.637. The number of hydrogen-bond acceptors (Lipinski definition) is 5. The molecule has 1 fully saturated rings. The Hall–Kier alpha value is -0.810. The molecule has 0 spiro atoms. The van der Waals surface area contributed by atoms with Crippen molar-refractivity contribution in [2.24, 2.45) is 5.92 Å². The molecule has 5 nitrogen and oxygen atoms in total. The molecule has 1 aliphatic rings. The summed E-state index contributed by atoms with van der Waals surface area (Å²) in [5.74, 6) is -0.442. The lowest BCUT2D eigenvalue weighted by Crippen LogP contribution is -2.41. The third-order valence-electron chi connectivity index (χ3n) is 2.03. The Balaban J connectivity index is 2.16. The molecule has 88 valence electrons. The average molecular weight is 218 g/mol. The second-order valence-corrected chi connectivity index (χ2v) is 3.88. The normalized spacial score (nSPS) is 21.0. The second kappa shape index (κ2) is 5.32. The van der Waals surface area contributed by atoms with Crippen molar-refractivity contribution in [2.45, 2.75) is 26.6 Å². The lowest BCUT2D eigenvalue weighted by molar-refractivity contribution is -0.265. The maximum atomic E-state index is 10.9. The molecule has 1 aliphatic heterocycles. The highest BCUT2D eigenvalue weighted by atomic mass is 16.7. The van der Waals surface area contributed by atoms with Crippen molar-refractivity contribution in [1.29, 1.82) is 0 Å². The molecular formula is C10H18O5. The smallest absolute Gasteiger partial charge is 0.435 e. The third-order valence-corrected chi connectivity index (χ3v) is 2.03. The quantitative estimate of drug-likeness (QED) is 0.673. The molecule has 0 unspecified atom stereocenters. The molecule has 0 radical (unpaired) electrons. The molecule has 0 N–H and O–H groups in total. The predicted octanol–water partition coefficient (Wildman–Crippen LogP) is 1.56. The summed E-state index contributed by atoms with van der Waals surface area (Å²) in [6, 6.07) is 0. The molecule has 0 atom stereocenters. The summed E-state index contributed by atoms with van der Waals surface area (Å²) in [4.78, 5) is 10.9. The van der Waals surface area contributed by atoms with Gasteiger partial charge in [0.1, 0.15) is 6.61 Å². The molecule has 1 rings (SSSR count). The van der Waals surface area contributed by atoms with E-state index in [1.54, 1.807) is 6.92 Å². The molecule has 0 saturated carbocycles. The van der Waals surface area contributed by atoms with Crippen LogP contribution in [0.5, 0.6) is 0 Å². The summed E-state index contributed by atoms with van der Waals surface area (Å²) in [6.45, 7) is 7.11. The summed E-state index contributed by atoms with van der Waals surface area (Å²) in [5, 5.41) is 0. The highest BCUT2D eigenvalue weighted by molar-refractivity contribution is 5.59. The summed E-state index contributed by atoms with van der Waals surface area (Å²) in [6.07, 6.45) is -0.637. The minimum Gasteiger partial charge on any atom is -0.435 e. The van der Waals surface area contributed by atoms with Crippen LogP contribution in [0, 0.1) is 5.92 Å². The Morgan fingerprint density at radius 3 is 2.47 bits per heavy atom. The van der Waals surface area contributed by atoms with E-state index in [2.05, 4.69) is 4.74 Å². The molecule has 1 heterocycles. The van der Waals surface area contributed by atoms with E-state index in [0.29, 0.717) is 19.8 Å². The van der Waals surface area contributed by atoms with Crippen LogP contribution in [0.3, 0.4) is 0 Å². The fourth-order valence-electron chi connectivity index (χ4n) is 1.17. The SMILES string of the molecule is CCOC(=O)OCC1COC(C)(C)OC1.